The third kappa shape index (κ3) is 2.13. The molecule has 4 heterocycles. The van der Waals surface area contributed by atoms with Gasteiger partial charge in [-0.25, -0.2) is 4.98 Å². The zero-order valence-electron chi connectivity index (χ0n) is 12.4. The monoisotopic (exact) mass is 304 g/mol. The van der Waals surface area contributed by atoms with Crippen LogP contribution in [0, 0.1) is 18.8 Å². The molecular formula is C15H20N4OS. The van der Waals surface area contributed by atoms with Crippen molar-refractivity contribution >= 4 is 16.3 Å². The zero-order chi connectivity index (χ0) is 14.6. The normalized spacial score (nSPS) is 29.3. The lowest BCUT2D eigenvalue weighted by molar-refractivity contribution is 0.229. The third-order valence-corrected chi connectivity index (χ3v) is 5.99. The van der Waals surface area contributed by atoms with Crippen molar-refractivity contribution in [1.82, 2.24) is 19.6 Å². The summed E-state index contributed by atoms with van der Waals surface area (Å²) in [6, 6.07) is 2.27. The molecule has 2 fully saturated rings. The largest absolute Gasteiger partial charge is 0.316 e. The first-order valence-electron chi connectivity index (χ1n) is 7.55. The summed E-state index contributed by atoms with van der Waals surface area (Å²) in [4.78, 5) is 20.2. The van der Waals surface area contributed by atoms with E-state index in [1.807, 2.05) is 12.3 Å². The number of nitrogens with one attached hydrogen (secondary N) is 1. The molecule has 0 radical (unpaired) electrons. The van der Waals surface area contributed by atoms with E-state index in [0.717, 1.165) is 54.4 Å². The maximum absolute atomic E-state index is 12.2. The van der Waals surface area contributed by atoms with Gasteiger partial charge in [-0.15, -0.1) is 11.3 Å². The van der Waals surface area contributed by atoms with Crippen LogP contribution in [0.15, 0.2) is 16.2 Å². The van der Waals surface area contributed by atoms with Crippen LogP contribution in [0.2, 0.25) is 0 Å². The molecule has 0 aliphatic carbocycles. The number of aryl methyl sites for hydroxylation is 1. The molecule has 5 nitrogen and oxygen atoms in total. The molecule has 3 unspecified atom stereocenters. The van der Waals surface area contributed by atoms with E-state index in [2.05, 4.69) is 22.1 Å². The number of fused-ring (bicyclic) bond motifs is 2. The van der Waals surface area contributed by atoms with Crippen LogP contribution >= 0.6 is 11.3 Å². The molecule has 0 aromatic carbocycles. The predicted molar refractivity (Wildman–Crippen MR) is 83.8 cm³/mol. The molecule has 2 aliphatic heterocycles. The fourth-order valence-electron chi connectivity index (χ4n) is 3.85. The van der Waals surface area contributed by atoms with Gasteiger partial charge in [0.1, 0.15) is 0 Å². The van der Waals surface area contributed by atoms with E-state index >= 15 is 0 Å². The molecule has 0 bridgehead atoms. The summed E-state index contributed by atoms with van der Waals surface area (Å²) in [5.74, 6) is 1.51. The van der Waals surface area contributed by atoms with Crippen molar-refractivity contribution < 1.29 is 0 Å². The van der Waals surface area contributed by atoms with Crippen molar-refractivity contribution in [3.8, 4) is 0 Å². The summed E-state index contributed by atoms with van der Waals surface area (Å²) in [5.41, 5.74) is 1.92. The van der Waals surface area contributed by atoms with E-state index in [1.165, 1.54) is 0 Å². The Hall–Kier alpha value is -1.24. The minimum Gasteiger partial charge on any atom is -0.316 e. The Kier molecular flexibility index (Phi) is 3.13. The average Bonchev–Trinajstić information content (AvgIpc) is 3.10. The summed E-state index contributed by atoms with van der Waals surface area (Å²) < 4.78 is 1.69. The highest BCUT2D eigenvalue weighted by Crippen LogP contribution is 2.33. The molecule has 3 atom stereocenters. The second kappa shape index (κ2) is 4.90. The van der Waals surface area contributed by atoms with Crippen LogP contribution < -0.4 is 10.9 Å². The van der Waals surface area contributed by atoms with Gasteiger partial charge >= 0.3 is 0 Å². The van der Waals surface area contributed by atoms with E-state index in [1.54, 1.807) is 21.8 Å². The molecule has 4 rings (SSSR count). The van der Waals surface area contributed by atoms with Gasteiger partial charge in [-0.3, -0.25) is 14.1 Å². The number of rotatable bonds is 2. The lowest BCUT2D eigenvalue weighted by Gasteiger charge is -2.23. The topological polar surface area (TPSA) is 49.6 Å². The number of hydrogen-bond acceptors (Lipinski definition) is 5. The Morgan fingerprint density at radius 2 is 2.33 bits per heavy atom. The maximum Gasteiger partial charge on any atom is 0.259 e. The van der Waals surface area contributed by atoms with Gasteiger partial charge in [0.25, 0.3) is 5.56 Å². The molecule has 2 aliphatic rings. The fraction of sp³-hybridized carbons (Fsp3) is 0.600. The SMILES string of the molecule is Cc1csc2nc(CN3CC4CNCC4C3C)cc(=O)n12. The predicted octanol–water partition coefficient (Wildman–Crippen LogP) is 1.10. The minimum atomic E-state index is 0.0439. The third-order valence-electron chi connectivity index (χ3n) is 5.05. The van der Waals surface area contributed by atoms with Gasteiger partial charge in [0.15, 0.2) is 4.96 Å². The van der Waals surface area contributed by atoms with E-state index in [-0.39, 0.29) is 5.56 Å². The first kappa shape index (κ1) is 13.4. The Bertz CT molecular complexity index is 737. The van der Waals surface area contributed by atoms with Crippen molar-refractivity contribution in [2.45, 2.75) is 26.4 Å². The van der Waals surface area contributed by atoms with Gasteiger partial charge in [-0.2, -0.15) is 0 Å². The molecule has 0 saturated carbocycles. The number of hydrogen-bond donors (Lipinski definition) is 1. The lowest BCUT2D eigenvalue weighted by atomic mass is 9.95. The summed E-state index contributed by atoms with van der Waals surface area (Å²) >= 11 is 1.54. The molecule has 0 amide bonds. The van der Waals surface area contributed by atoms with Crippen LogP contribution in [0.4, 0.5) is 0 Å². The molecule has 112 valence electrons. The van der Waals surface area contributed by atoms with Gasteiger partial charge in [-0.05, 0) is 38.8 Å². The van der Waals surface area contributed by atoms with Crippen LogP contribution in [0.25, 0.3) is 4.96 Å². The molecular weight excluding hydrogens is 284 g/mol. The lowest BCUT2D eigenvalue weighted by Crippen LogP contribution is -2.33. The molecule has 2 aromatic rings. The average molecular weight is 304 g/mol. The fourth-order valence-corrected chi connectivity index (χ4v) is 4.75. The van der Waals surface area contributed by atoms with Crippen LogP contribution in [-0.4, -0.2) is 40.0 Å². The highest BCUT2D eigenvalue weighted by atomic mass is 32.1. The minimum absolute atomic E-state index is 0.0439. The van der Waals surface area contributed by atoms with Gasteiger partial charge < -0.3 is 5.32 Å². The molecule has 2 aromatic heterocycles. The highest BCUT2D eigenvalue weighted by Gasteiger charge is 2.41. The first-order valence-corrected chi connectivity index (χ1v) is 8.43. The van der Waals surface area contributed by atoms with Crippen LogP contribution in [0.1, 0.15) is 18.3 Å². The number of nitrogens with zero attached hydrogens (tertiary/aromatic N) is 3. The van der Waals surface area contributed by atoms with Gasteiger partial charge in [0.05, 0.1) is 5.69 Å². The van der Waals surface area contributed by atoms with E-state index in [4.69, 9.17) is 0 Å². The van der Waals surface area contributed by atoms with Crippen LogP contribution in [0.3, 0.4) is 0 Å². The van der Waals surface area contributed by atoms with Crippen molar-refractivity contribution in [3.05, 3.63) is 33.2 Å². The Balaban J connectivity index is 1.62. The van der Waals surface area contributed by atoms with E-state index < -0.39 is 0 Å². The van der Waals surface area contributed by atoms with Crippen molar-refractivity contribution in [3.63, 3.8) is 0 Å². The highest BCUT2D eigenvalue weighted by molar-refractivity contribution is 7.15. The second-order valence-corrected chi connectivity index (χ2v) is 7.17. The smallest absolute Gasteiger partial charge is 0.259 e. The summed E-state index contributed by atoms with van der Waals surface area (Å²) in [5, 5.41) is 5.47. The molecule has 6 heteroatoms. The quantitative estimate of drug-likeness (QED) is 0.903. The van der Waals surface area contributed by atoms with Gasteiger partial charge in [-0.1, -0.05) is 0 Å². The maximum atomic E-state index is 12.2. The van der Waals surface area contributed by atoms with Crippen molar-refractivity contribution in [1.29, 1.82) is 0 Å². The summed E-state index contributed by atoms with van der Waals surface area (Å²) in [7, 11) is 0. The number of likely N-dealkylation sites (tertiary alicyclic amines) is 1. The first-order chi connectivity index (χ1) is 10.1. The Morgan fingerprint density at radius 1 is 1.48 bits per heavy atom. The van der Waals surface area contributed by atoms with E-state index in [9.17, 15) is 4.79 Å². The molecule has 2 saturated heterocycles. The van der Waals surface area contributed by atoms with Crippen LogP contribution in [-0.2, 0) is 6.54 Å². The molecule has 1 N–H and O–H groups in total. The van der Waals surface area contributed by atoms with Crippen molar-refractivity contribution in [2.75, 3.05) is 19.6 Å². The number of aromatic nitrogens is 2. The standard InChI is InChI=1S/C15H20N4OS/c1-9-8-21-15-17-12(3-14(20)19(9)15)7-18-6-11-4-16-5-13(11)10(18)2/h3,8,10-11,13,16H,4-7H2,1-2H3. The number of thiazole rings is 1. The molecule has 21 heavy (non-hydrogen) atoms. The molecule has 0 spiro atoms. The Labute approximate surface area is 127 Å². The zero-order valence-corrected chi connectivity index (χ0v) is 13.2. The van der Waals surface area contributed by atoms with Crippen molar-refractivity contribution in [2.24, 2.45) is 11.8 Å². The Morgan fingerprint density at radius 3 is 3.14 bits per heavy atom. The summed E-state index contributed by atoms with van der Waals surface area (Å²) in [6.07, 6.45) is 0. The van der Waals surface area contributed by atoms with Gasteiger partial charge in [0.2, 0.25) is 0 Å². The van der Waals surface area contributed by atoms with E-state index in [0.29, 0.717) is 6.04 Å². The van der Waals surface area contributed by atoms with Gasteiger partial charge in [0, 0.05) is 36.3 Å². The second-order valence-electron chi connectivity index (χ2n) is 6.33. The summed E-state index contributed by atoms with van der Waals surface area (Å²) in [6.45, 7) is 8.41. The van der Waals surface area contributed by atoms with Crippen LogP contribution in [0.5, 0.6) is 0 Å².